The van der Waals surface area contributed by atoms with Gasteiger partial charge in [-0.15, -0.1) is 0 Å². The highest BCUT2D eigenvalue weighted by Crippen LogP contribution is 2.45. The smallest absolute Gasteiger partial charge is 0.204 e. The van der Waals surface area contributed by atoms with E-state index in [1.165, 1.54) is 57.8 Å². The SMILES string of the molecule is CCOc1cc2c(c(F)c1F)OC(C1CCC(C3CCC(CC)CC3)CC1)CC2. The van der Waals surface area contributed by atoms with Gasteiger partial charge in [0.2, 0.25) is 11.6 Å². The van der Waals surface area contributed by atoms with Crippen molar-refractivity contribution in [3.8, 4) is 11.5 Å². The van der Waals surface area contributed by atoms with Crippen LogP contribution in [-0.2, 0) is 6.42 Å². The monoisotopic (exact) mass is 406 g/mol. The van der Waals surface area contributed by atoms with Gasteiger partial charge in [-0.3, -0.25) is 0 Å². The van der Waals surface area contributed by atoms with Gasteiger partial charge in [-0.2, -0.15) is 8.78 Å². The number of fused-ring (bicyclic) bond motifs is 1. The highest BCUT2D eigenvalue weighted by atomic mass is 19.2. The maximum atomic E-state index is 14.6. The molecule has 2 saturated carbocycles. The van der Waals surface area contributed by atoms with Gasteiger partial charge in [0, 0.05) is 5.56 Å². The van der Waals surface area contributed by atoms with Crippen LogP contribution in [0.4, 0.5) is 8.78 Å². The van der Waals surface area contributed by atoms with E-state index in [-0.39, 0.29) is 17.6 Å². The minimum atomic E-state index is -0.919. The molecule has 0 bridgehead atoms. The van der Waals surface area contributed by atoms with Crippen molar-refractivity contribution in [2.24, 2.45) is 23.7 Å². The third kappa shape index (κ3) is 4.41. The molecular formula is C25H36F2O2. The quantitative estimate of drug-likeness (QED) is 0.520. The van der Waals surface area contributed by atoms with Gasteiger partial charge in [0.25, 0.3) is 0 Å². The van der Waals surface area contributed by atoms with E-state index in [0.29, 0.717) is 12.5 Å². The Balaban J connectivity index is 1.34. The van der Waals surface area contributed by atoms with Crippen molar-refractivity contribution in [3.05, 3.63) is 23.3 Å². The molecule has 1 atom stereocenters. The van der Waals surface area contributed by atoms with E-state index < -0.39 is 11.6 Å². The van der Waals surface area contributed by atoms with Gasteiger partial charge >= 0.3 is 0 Å². The molecule has 2 nitrogen and oxygen atoms in total. The summed E-state index contributed by atoms with van der Waals surface area (Å²) in [5.74, 6) is 1.54. The average molecular weight is 407 g/mol. The minimum Gasteiger partial charge on any atom is -0.491 e. The molecule has 2 fully saturated rings. The number of aryl methyl sites for hydroxylation is 1. The second-order valence-corrected chi connectivity index (χ2v) is 9.48. The van der Waals surface area contributed by atoms with E-state index in [1.54, 1.807) is 13.0 Å². The van der Waals surface area contributed by atoms with Crippen LogP contribution in [0.5, 0.6) is 11.5 Å². The van der Waals surface area contributed by atoms with Crippen LogP contribution < -0.4 is 9.47 Å². The first kappa shape index (κ1) is 20.9. The van der Waals surface area contributed by atoms with Crippen molar-refractivity contribution in [3.63, 3.8) is 0 Å². The summed E-state index contributed by atoms with van der Waals surface area (Å²) in [5, 5.41) is 0. The summed E-state index contributed by atoms with van der Waals surface area (Å²) in [6, 6.07) is 1.62. The second-order valence-electron chi connectivity index (χ2n) is 9.48. The fraction of sp³-hybridized carbons (Fsp3) is 0.760. The third-order valence-corrected chi connectivity index (χ3v) is 7.95. The van der Waals surface area contributed by atoms with Gasteiger partial charge in [0.1, 0.15) is 6.10 Å². The highest BCUT2D eigenvalue weighted by molar-refractivity contribution is 5.44. The number of rotatable bonds is 5. The summed E-state index contributed by atoms with van der Waals surface area (Å²) in [5.41, 5.74) is 0.741. The number of halogens is 2. The Kier molecular flexibility index (Phi) is 6.66. The van der Waals surface area contributed by atoms with E-state index in [4.69, 9.17) is 9.47 Å². The van der Waals surface area contributed by atoms with Crippen molar-refractivity contribution in [2.45, 2.75) is 90.6 Å². The minimum absolute atomic E-state index is 0.00380. The van der Waals surface area contributed by atoms with Crippen LogP contribution in [0, 0.1) is 35.3 Å². The van der Waals surface area contributed by atoms with Gasteiger partial charge in [-0.1, -0.05) is 26.2 Å². The second kappa shape index (κ2) is 9.22. The Labute approximate surface area is 174 Å². The molecule has 0 N–H and O–H groups in total. The van der Waals surface area contributed by atoms with E-state index in [9.17, 15) is 8.78 Å². The highest BCUT2D eigenvalue weighted by Gasteiger charge is 2.36. The zero-order valence-corrected chi connectivity index (χ0v) is 18.0. The average Bonchev–Trinajstić information content (AvgIpc) is 2.77. The third-order valence-electron chi connectivity index (χ3n) is 7.95. The molecular weight excluding hydrogens is 370 g/mol. The predicted molar refractivity (Wildman–Crippen MR) is 111 cm³/mol. The lowest BCUT2D eigenvalue weighted by molar-refractivity contribution is 0.0563. The maximum absolute atomic E-state index is 14.6. The first-order valence-electron chi connectivity index (χ1n) is 11.9. The van der Waals surface area contributed by atoms with Crippen LogP contribution in [0.1, 0.15) is 83.6 Å². The molecule has 1 aromatic rings. The van der Waals surface area contributed by atoms with Gasteiger partial charge in [-0.25, -0.2) is 0 Å². The maximum Gasteiger partial charge on any atom is 0.204 e. The summed E-state index contributed by atoms with van der Waals surface area (Å²) in [4.78, 5) is 0. The van der Waals surface area contributed by atoms with Gasteiger partial charge < -0.3 is 9.47 Å². The molecule has 0 radical (unpaired) electrons. The molecule has 0 saturated heterocycles. The molecule has 0 spiro atoms. The molecule has 3 aliphatic rings. The number of hydrogen-bond donors (Lipinski definition) is 0. The molecule has 1 aromatic carbocycles. The van der Waals surface area contributed by atoms with Crippen molar-refractivity contribution in [1.82, 2.24) is 0 Å². The summed E-state index contributed by atoms with van der Waals surface area (Å²) < 4.78 is 40.2. The molecule has 0 aromatic heterocycles. The summed E-state index contributed by atoms with van der Waals surface area (Å²) in [6.07, 6.45) is 13.5. The van der Waals surface area contributed by atoms with Crippen LogP contribution in [0.3, 0.4) is 0 Å². The first-order valence-corrected chi connectivity index (χ1v) is 11.9. The van der Waals surface area contributed by atoms with Crippen LogP contribution >= 0.6 is 0 Å². The lowest BCUT2D eigenvalue weighted by Crippen LogP contribution is -2.35. The largest absolute Gasteiger partial charge is 0.491 e. The molecule has 4 rings (SSSR count). The fourth-order valence-corrected chi connectivity index (χ4v) is 6.11. The molecule has 29 heavy (non-hydrogen) atoms. The van der Waals surface area contributed by atoms with Crippen LogP contribution in [0.15, 0.2) is 6.07 Å². The Hall–Kier alpha value is -1.32. The Morgan fingerprint density at radius 1 is 0.862 bits per heavy atom. The molecule has 1 unspecified atom stereocenters. The Morgan fingerprint density at radius 3 is 2.10 bits per heavy atom. The molecule has 1 aliphatic heterocycles. The summed E-state index contributed by atoms with van der Waals surface area (Å²) in [6.45, 7) is 4.42. The van der Waals surface area contributed by atoms with E-state index >= 15 is 0 Å². The van der Waals surface area contributed by atoms with E-state index in [2.05, 4.69) is 6.92 Å². The molecule has 0 amide bonds. The van der Waals surface area contributed by atoms with Crippen molar-refractivity contribution >= 4 is 0 Å². The van der Waals surface area contributed by atoms with Crippen LogP contribution in [0.2, 0.25) is 0 Å². The first-order chi connectivity index (χ1) is 14.1. The van der Waals surface area contributed by atoms with Gasteiger partial charge in [0.15, 0.2) is 11.5 Å². The number of benzene rings is 1. The summed E-state index contributed by atoms with van der Waals surface area (Å²) >= 11 is 0. The lowest BCUT2D eigenvalue weighted by atomic mass is 9.68. The van der Waals surface area contributed by atoms with Crippen molar-refractivity contribution in [1.29, 1.82) is 0 Å². The number of ether oxygens (including phenoxy) is 2. The zero-order valence-electron chi connectivity index (χ0n) is 18.0. The topological polar surface area (TPSA) is 18.5 Å². The standard InChI is InChI=1S/C25H36F2O2/c1-3-16-5-7-17(8-6-16)18-9-11-19(12-10-18)21-14-13-20-15-22(28-4-2)23(26)24(27)25(20)29-21/h15-19,21H,3-14H2,1-2H3. The predicted octanol–water partition coefficient (Wildman–Crippen LogP) is 7.08. The molecule has 1 heterocycles. The van der Waals surface area contributed by atoms with Gasteiger partial charge in [-0.05, 0) is 88.0 Å². The fourth-order valence-electron chi connectivity index (χ4n) is 6.11. The summed E-state index contributed by atoms with van der Waals surface area (Å²) in [7, 11) is 0. The molecule has 4 heteroatoms. The Bertz CT molecular complexity index is 689. The van der Waals surface area contributed by atoms with Gasteiger partial charge in [0.05, 0.1) is 6.61 Å². The van der Waals surface area contributed by atoms with Crippen molar-refractivity contribution < 1.29 is 18.3 Å². The molecule has 2 aliphatic carbocycles. The van der Waals surface area contributed by atoms with E-state index in [1.807, 2.05) is 0 Å². The number of hydrogen-bond acceptors (Lipinski definition) is 2. The molecule has 162 valence electrons. The van der Waals surface area contributed by atoms with Crippen LogP contribution in [-0.4, -0.2) is 12.7 Å². The van der Waals surface area contributed by atoms with E-state index in [0.717, 1.165) is 36.2 Å². The Morgan fingerprint density at radius 2 is 1.48 bits per heavy atom. The van der Waals surface area contributed by atoms with Crippen molar-refractivity contribution in [2.75, 3.05) is 6.61 Å². The normalized spacial score (nSPS) is 32.3. The van der Waals surface area contributed by atoms with Crippen LogP contribution in [0.25, 0.3) is 0 Å². The lowest BCUT2D eigenvalue weighted by Gasteiger charge is -2.40. The zero-order chi connectivity index (χ0) is 20.4.